The molecule has 3 rings (SSSR count). The lowest BCUT2D eigenvalue weighted by Crippen LogP contribution is -2.42. The summed E-state index contributed by atoms with van der Waals surface area (Å²) in [6.07, 6.45) is 0. The van der Waals surface area contributed by atoms with Gasteiger partial charge in [0.1, 0.15) is 0 Å². The zero-order valence-electron chi connectivity index (χ0n) is 16.8. The molecule has 3 amide bonds. The highest BCUT2D eigenvalue weighted by atomic mass is 32.2. The number of amides is 3. The summed E-state index contributed by atoms with van der Waals surface area (Å²) in [5, 5.41) is 4.50. The van der Waals surface area contributed by atoms with Gasteiger partial charge in [-0.25, -0.2) is 14.6 Å². The van der Waals surface area contributed by atoms with E-state index in [0.717, 1.165) is 25.9 Å². The Bertz CT molecular complexity index is 1020. The van der Waals surface area contributed by atoms with Crippen molar-refractivity contribution in [2.24, 2.45) is 0 Å². The lowest BCUT2D eigenvalue weighted by molar-refractivity contribution is -0.123. The molecule has 1 heterocycles. The first-order valence-electron chi connectivity index (χ1n) is 9.36. The molecule has 0 aliphatic carbocycles. The molecular weight excluding hydrogens is 438 g/mol. The minimum Gasteiger partial charge on any atom is -0.452 e. The molecule has 0 aliphatic rings. The van der Waals surface area contributed by atoms with E-state index in [9.17, 15) is 14.4 Å². The predicted molar refractivity (Wildman–Crippen MR) is 119 cm³/mol. The molecule has 0 saturated heterocycles. The lowest BCUT2D eigenvalue weighted by Gasteiger charge is -2.07. The fourth-order valence-electron chi connectivity index (χ4n) is 2.48. The number of carbonyl (C=O) groups is 3. The molecule has 0 atom stereocenters. The molecule has 0 unspecified atom stereocenters. The zero-order chi connectivity index (χ0) is 22.1. The van der Waals surface area contributed by atoms with Crippen LogP contribution in [0.2, 0.25) is 0 Å². The molecule has 2 aromatic carbocycles. The summed E-state index contributed by atoms with van der Waals surface area (Å²) < 4.78 is 11.9. The van der Waals surface area contributed by atoms with Gasteiger partial charge in [0.05, 0.1) is 22.4 Å². The van der Waals surface area contributed by atoms with Crippen molar-refractivity contribution in [3.05, 3.63) is 59.7 Å². The van der Waals surface area contributed by atoms with Crippen LogP contribution in [-0.4, -0.2) is 49.8 Å². The van der Waals surface area contributed by atoms with E-state index in [1.54, 1.807) is 35.2 Å². The number of ether oxygens (including phenoxy) is 2. The normalized spacial score (nSPS) is 10.6. The number of hydrogen-bond donors (Lipinski definition) is 2. The van der Waals surface area contributed by atoms with Crippen molar-refractivity contribution in [1.29, 1.82) is 0 Å². The molecule has 0 aliphatic heterocycles. The Balaban J connectivity index is 1.43. The number of para-hydroxylation sites is 1. The van der Waals surface area contributed by atoms with Crippen LogP contribution in [0.1, 0.15) is 15.9 Å². The van der Waals surface area contributed by atoms with Crippen molar-refractivity contribution in [3.63, 3.8) is 0 Å². The van der Waals surface area contributed by atoms with E-state index >= 15 is 0 Å². The Hall–Kier alpha value is -2.95. The van der Waals surface area contributed by atoms with Crippen LogP contribution in [0.15, 0.2) is 52.9 Å². The number of aromatic nitrogens is 1. The maximum Gasteiger partial charge on any atom is 0.338 e. The summed E-state index contributed by atoms with van der Waals surface area (Å²) in [7, 11) is 1.50. The van der Waals surface area contributed by atoms with Crippen LogP contribution in [0.4, 0.5) is 4.79 Å². The van der Waals surface area contributed by atoms with Gasteiger partial charge in [0.15, 0.2) is 10.9 Å². The van der Waals surface area contributed by atoms with Gasteiger partial charge in [-0.3, -0.25) is 10.1 Å². The Labute approximate surface area is 187 Å². The highest BCUT2D eigenvalue weighted by Gasteiger charge is 2.12. The predicted octanol–water partition coefficient (Wildman–Crippen LogP) is 3.22. The minimum atomic E-state index is -0.716. The van der Waals surface area contributed by atoms with E-state index in [-0.39, 0.29) is 6.54 Å². The number of thiazole rings is 1. The summed E-state index contributed by atoms with van der Waals surface area (Å²) in [5.41, 5.74) is 2.35. The quantitative estimate of drug-likeness (QED) is 0.287. The monoisotopic (exact) mass is 459 g/mol. The summed E-state index contributed by atoms with van der Waals surface area (Å²) in [5.74, 6) is -0.636. The van der Waals surface area contributed by atoms with Crippen molar-refractivity contribution in [3.8, 4) is 0 Å². The van der Waals surface area contributed by atoms with Gasteiger partial charge in [-0.05, 0) is 29.8 Å². The number of nitrogens with one attached hydrogen (secondary N) is 2. The maximum absolute atomic E-state index is 12.1. The van der Waals surface area contributed by atoms with Gasteiger partial charge >= 0.3 is 12.0 Å². The molecule has 0 radical (unpaired) electrons. The Morgan fingerprint density at radius 3 is 2.61 bits per heavy atom. The van der Waals surface area contributed by atoms with Crippen LogP contribution in [0, 0.1) is 0 Å². The number of fused-ring (bicyclic) bond motifs is 1. The number of rotatable bonds is 9. The van der Waals surface area contributed by atoms with Gasteiger partial charge in [-0.1, -0.05) is 36.0 Å². The molecule has 162 valence electrons. The van der Waals surface area contributed by atoms with Crippen molar-refractivity contribution < 1.29 is 23.9 Å². The number of carbonyl (C=O) groups excluding carboxylic acids is 3. The highest BCUT2D eigenvalue weighted by Crippen LogP contribution is 2.31. The summed E-state index contributed by atoms with van der Waals surface area (Å²) >= 11 is 3.28. The molecule has 8 nitrogen and oxygen atoms in total. The Kier molecular flexibility index (Phi) is 8.39. The van der Waals surface area contributed by atoms with Gasteiger partial charge in [-0.15, -0.1) is 11.3 Å². The molecule has 0 fully saturated rings. The van der Waals surface area contributed by atoms with E-state index in [4.69, 9.17) is 9.47 Å². The van der Waals surface area contributed by atoms with Gasteiger partial charge in [0.25, 0.3) is 5.91 Å². The molecule has 0 bridgehead atoms. The molecule has 10 heteroatoms. The number of urea groups is 1. The topological polar surface area (TPSA) is 107 Å². The number of hydrogen-bond acceptors (Lipinski definition) is 8. The number of thioether (sulfide) groups is 1. The Morgan fingerprint density at radius 1 is 1.10 bits per heavy atom. The second-order valence-corrected chi connectivity index (χ2v) is 8.56. The number of benzene rings is 2. The lowest BCUT2D eigenvalue weighted by atomic mass is 10.1. The van der Waals surface area contributed by atoms with Crippen LogP contribution in [0.25, 0.3) is 10.2 Å². The first-order chi connectivity index (χ1) is 15.0. The molecule has 0 saturated carbocycles. The fourth-order valence-corrected chi connectivity index (χ4v) is 4.51. The molecule has 1 aromatic heterocycles. The van der Waals surface area contributed by atoms with Crippen LogP contribution in [0.5, 0.6) is 0 Å². The van der Waals surface area contributed by atoms with Crippen molar-refractivity contribution in [2.45, 2.75) is 10.1 Å². The van der Waals surface area contributed by atoms with E-state index < -0.39 is 24.5 Å². The van der Waals surface area contributed by atoms with Gasteiger partial charge in [0, 0.05) is 19.4 Å². The molecule has 31 heavy (non-hydrogen) atoms. The van der Waals surface area contributed by atoms with Gasteiger partial charge in [0.2, 0.25) is 0 Å². The van der Waals surface area contributed by atoms with Crippen molar-refractivity contribution >= 4 is 51.2 Å². The third kappa shape index (κ3) is 7.06. The summed E-state index contributed by atoms with van der Waals surface area (Å²) in [6.45, 7) is 0.0381. The number of esters is 1. The van der Waals surface area contributed by atoms with Crippen LogP contribution in [0.3, 0.4) is 0 Å². The van der Waals surface area contributed by atoms with Gasteiger partial charge in [-0.2, -0.15) is 0 Å². The molecular formula is C21H21N3O5S2. The molecule has 3 aromatic rings. The second kappa shape index (κ2) is 11.4. The highest BCUT2D eigenvalue weighted by molar-refractivity contribution is 8.00. The van der Waals surface area contributed by atoms with Crippen LogP contribution >= 0.6 is 23.1 Å². The number of imide groups is 1. The van der Waals surface area contributed by atoms with Crippen molar-refractivity contribution in [1.82, 2.24) is 15.6 Å². The Morgan fingerprint density at radius 2 is 1.87 bits per heavy atom. The summed E-state index contributed by atoms with van der Waals surface area (Å²) in [6, 6.07) is 14.3. The standard InChI is InChI=1S/C21H21N3O5S2/c1-28-11-10-22-20(27)24-18(25)12-29-19(26)15-8-6-14(7-9-15)13-30-21-23-16-4-2-3-5-17(16)31-21/h2-9H,10-13H2,1H3,(H2,22,24,25,27). The van der Waals surface area contributed by atoms with Crippen molar-refractivity contribution in [2.75, 3.05) is 26.9 Å². The molecule has 0 spiro atoms. The van der Waals surface area contributed by atoms with E-state index in [0.29, 0.717) is 12.2 Å². The first-order valence-corrected chi connectivity index (χ1v) is 11.2. The number of nitrogens with zero attached hydrogens (tertiary/aromatic N) is 1. The molecule has 2 N–H and O–H groups in total. The second-order valence-electron chi connectivity index (χ2n) is 6.31. The third-order valence-electron chi connectivity index (χ3n) is 4.01. The average molecular weight is 460 g/mol. The van der Waals surface area contributed by atoms with Crippen LogP contribution < -0.4 is 10.6 Å². The average Bonchev–Trinajstić information content (AvgIpc) is 3.19. The SMILES string of the molecule is COCCNC(=O)NC(=O)COC(=O)c1ccc(CSc2nc3ccccc3s2)cc1. The number of methoxy groups -OCH3 is 1. The maximum atomic E-state index is 12.1. The first kappa shape index (κ1) is 22.7. The smallest absolute Gasteiger partial charge is 0.338 e. The van der Waals surface area contributed by atoms with E-state index in [2.05, 4.69) is 15.6 Å². The fraction of sp³-hybridized carbons (Fsp3) is 0.238. The third-order valence-corrected chi connectivity index (χ3v) is 6.26. The van der Waals surface area contributed by atoms with E-state index in [1.165, 1.54) is 7.11 Å². The largest absolute Gasteiger partial charge is 0.452 e. The van der Waals surface area contributed by atoms with E-state index in [1.807, 2.05) is 36.4 Å². The minimum absolute atomic E-state index is 0.263. The summed E-state index contributed by atoms with van der Waals surface area (Å²) in [4.78, 5) is 39.8. The van der Waals surface area contributed by atoms with Gasteiger partial charge < -0.3 is 14.8 Å². The zero-order valence-corrected chi connectivity index (χ0v) is 18.4. The van der Waals surface area contributed by atoms with Crippen LogP contribution in [-0.2, 0) is 20.0 Å².